The molecule has 2 aromatic rings. The van der Waals surface area contributed by atoms with E-state index in [1.807, 2.05) is 49.1 Å². The summed E-state index contributed by atoms with van der Waals surface area (Å²) in [6.45, 7) is 8.09. The summed E-state index contributed by atoms with van der Waals surface area (Å²) in [5, 5.41) is 3.11. The van der Waals surface area contributed by atoms with Crippen LogP contribution in [0.4, 0.5) is 0 Å². The summed E-state index contributed by atoms with van der Waals surface area (Å²) in [6, 6.07) is 9.89. The standard InChI is InChI=1S/C29H42N4O2/c1-4-5-6-7-8-9-13-18-30-29(35)27-22(2)31-23(3)32-28(27)25-16-19-33(20-17-25)26(34)21-24-14-11-10-12-15-24/h10-12,14-15,25H,4-9,13,16-21H2,1-3H3,(H,30,35). The van der Waals surface area contributed by atoms with E-state index in [0.717, 1.165) is 42.6 Å². The van der Waals surface area contributed by atoms with Gasteiger partial charge in [-0.2, -0.15) is 0 Å². The summed E-state index contributed by atoms with van der Waals surface area (Å²) in [5.74, 6) is 0.961. The van der Waals surface area contributed by atoms with Crippen molar-refractivity contribution in [1.82, 2.24) is 20.2 Å². The van der Waals surface area contributed by atoms with Gasteiger partial charge < -0.3 is 10.2 Å². The SMILES string of the molecule is CCCCCCCCCNC(=O)c1c(C)nc(C)nc1C1CCN(C(=O)Cc2ccccc2)CC1. The lowest BCUT2D eigenvalue weighted by molar-refractivity contribution is -0.131. The Hall–Kier alpha value is -2.76. The summed E-state index contributed by atoms with van der Waals surface area (Å²) in [7, 11) is 0. The van der Waals surface area contributed by atoms with Crippen LogP contribution in [0, 0.1) is 13.8 Å². The van der Waals surface area contributed by atoms with Gasteiger partial charge in [0.25, 0.3) is 5.91 Å². The van der Waals surface area contributed by atoms with Gasteiger partial charge in [0.1, 0.15) is 5.82 Å². The van der Waals surface area contributed by atoms with Gasteiger partial charge in [0, 0.05) is 25.6 Å². The molecule has 1 saturated heterocycles. The van der Waals surface area contributed by atoms with Crippen molar-refractivity contribution < 1.29 is 9.59 Å². The first-order chi connectivity index (χ1) is 17.0. The smallest absolute Gasteiger partial charge is 0.254 e. The molecule has 0 radical (unpaired) electrons. The molecule has 1 aromatic heterocycles. The Morgan fingerprint density at radius 3 is 2.29 bits per heavy atom. The molecule has 0 spiro atoms. The fourth-order valence-electron chi connectivity index (χ4n) is 4.97. The fraction of sp³-hybridized carbons (Fsp3) is 0.586. The number of aromatic nitrogens is 2. The first-order valence-corrected chi connectivity index (χ1v) is 13.4. The molecule has 190 valence electrons. The molecule has 6 heteroatoms. The highest BCUT2D eigenvalue weighted by Gasteiger charge is 2.29. The predicted octanol–water partition coefficient (Wildman–Crippen LogP) is 5.52. The minimum atomic E-state index is -0.0638. The Balaban J connectivity index is 1.55. The third-order valence-electron chi connectivity index (χ3n) is 6.96. The quantitative estimate of drug-likeness (QED) is 0.408. The van der Waals surface area contributed by atoms with Crippen molar-refractivity contribution in [1.29, 1.82) is 0 Å². The van der Waals surface area contributed by atoms with Crippen molar-refractivity contribution in [2.45, 2.75) is 90.9 Å². The van der Waals surface area contributed by atoms with Gasteiger partial charge >= 0.3 is 0 Å². The Morgan fingerprint density at radius 1 is 0.943 bits per heavy atom. The van der Waals surface area contributed by atoms with Gasteiger partial charge in [-0.15, -0.1) is 0 Å². The molecule has 0 unspecified atom stereocenters. The molecule has 2 amide bonds. The monoisotopic (exact) mass is 478 g/mol. The van der Waals surface area contributed by atoms with Crippen LogP contribution in [0.5, 0.6) is 0 Å². The summed E-state index contributed by atoms with van der Waals surface area (Å²) < 4.78 is 0. The highest BCUT2D eigenvalue weighted by molar-refractivity contribution is 5.96. The number of hydrogen-bond donors (Lipinski definition) is 1. The number of aryl methyl sites for hydroxylation is 2. The summed E-state index contributed by atoms with van der Waals surface area (Å²) in [4.78, 5) is 37.1. The van der Waals surface area contributed by atoms with Gasteiger partial charge in [-0.3, -0.25) is 9.59 Å². The van der Waals surface area contributed by atoms with Gasteiger partial charge in [-0.25, -0.2) is 9.97 Å². The van der Waals surface area contributed by atoms with E-state index in [0.29, 0.717) is 37.4 Å². The van der Waals surface area contributed by atoms with E-state index in [1.165, 1.54) is 32.1 Å². The van der Waals surface area contributed by atoms with Crippen molar-refractivity contribution in [3.8, 4) is 0 Å². The number of piperidine rings is 1. The van der Waals surface area contributed by atoms with E-state index < -0.39 is 0 Å². The first kappa shape index (κ1) is 26.8. The van der Waals surface area contributed by atoms with Crippen LogP contribution in [0.2, 0.25) is 0 Å². The molecule has 1 N–H and O–H groups in total. The molecule has 1 aliphatic heterocycles. The van der Waals surface area contributed by atoms with E-state index in [1.54, 1.807) is 0 Å². The average molecular weight is 479 g/mol. The molecule has 3 rings (SSSR count). The molecule has 6 nitrogen and oxygen atoms in total. The molecular formula is C29H42N4O2. The van der Waals surface area contributed by atoms with Gasteiger partial charge in [0.05, 0.1) is 23.4 Å². The second kappa shape index (κ2) is 14.0. The number of likely N-dealkylation sites (tertiary alicyclic amines) is 1. The van der Waals surface area contributed by atoms with Crippen LogP contribution in [-0.4, -0.2) is 46.3 Å². The van der Waals surface area contributed by atoms with Gasteiger partial charge in [0.2, 0.25) is 5.91 Å². The third kappa shape index (κ3) is 8.15. The lowest BCUT2D eigenvalue weighted by atomic mass is 9.89. The van der Waals surface area contributed by atoms with Crippen molar-refractivity contribution in [3.05, 3.63) is 58.7 Å². The molecule has 0 aliphatic carbocycles. The van der Waals surface area contributed by atoms with Crippen LogP contribution in [0.1, 0.15) is 104 Å². The second-order valence-electron chi connectivity index (χ2n) is 9.81. The maximum Gasteiger partial charge on any atom is 0.254 e. The highest BCUT2D eigenvalue weighted by Crippen LogP contribution is 2.30. The van der Waals surface area contributed by atoms with E-state index >= 15 is 0 Å². The van der Waals surface area contributed by atoms with Crippen molar-refractivity contribution >= 4 is 11.8 Å². The molecule has 1 fully saturated rings. The zero-order valence-corrected chi connectivity index (χ0v) is 21.8. The number of hydrogen-bond acceptors (Lipinski definition) is 4. The number of nitrogens with zero attached hydrogens (tertiary/aromatic N) is 3. The minimum absolute atomic E-state index is 0.0638. The van der Waals surface area contributed by atoms with Crippen LogP contribution >= 0.6 is 0 Å². The highest BCUT2D eigenvalue weighted by atomic mass is 16.2. The summed E-state index contributed by atoms with van der Waals surface area (Å²) in [6.07, 6.45) is 10.6. The Morgan fingerprint density at radius 2 is 1.60 bits per heavy atom. The van der Waals surface area contributed by atoms with E-state index in [4.69, 9.17) is 4.98 Å². The van der Waals surface area contributed by atoms with Crippen molar-refractivity contribution in [2.75, 3.05) is 19.6 Å². The molecule has 0 bridgehead atoms. The van der Waals surface area contributed by atoms with E-state index in [9.17, 15) is 9.59 Å². The Kier molecular flexibility index (Phi) is 10.7. The van der Waals surface area contributed by atoms with Gasteiger partial charge in [-0.05, 0) is 38.7 Å². The summed E-state index contributed by atoms with van der Waals surface area (Å²) >= 11 is 0. The number of amides is 2. The third-order valence-corrected chi connectivity index (χ3v) is 6.96. The molecule has 0 saturated carbocycles. The first-order valence-electron chi connectivity index (χ1n) is 13.4. The maximum absolute atomic E-state index is 13.1. The Labute approximate surface area is 210 Å². The topological polar surface area (TPSA) is 75.2 Å². The van der Waals surface area contributed by atoms with Crippen LogP contribution in [0.15, 0.2) is 30.3 Å². The molecular weight excluding hydrogens is 436 g/mol. The van der Waals surface area contributed by atoms with Gasteiger partial charge in [0.15, 0.2) is 0 Å². The minimum Gasteiger partial charge on any atom is -0.352 e. The number of carbonyl (C=O) groups excluding carboxylic acids is 2. The molecule has 0 atom stereocenters. The zero-order valence-electron chi connectivity index (χ0n) is 21.8. The number of nitrogens with one attached hydrogen (secondary N) is 1. The van der Waals surface area contributed by atoms with E-state index in [-0.39, 0.29) is 17.7 Å². The van der Waals surface area contributed by atoms with Gasteiger partial charge in [-0.1, -0.05) is 75.8 Å². The summed E-state index contributed by atoms with van der Waals surface area (Å²) in [5.41, 5.74) is 3.27. The zero-order chi connectivity index (χ0) is 25.0. The average Bonchev–Trinajstić information content (AvgIpc) is 2.85. The van der Waals surface area contributed by atoms with Crippen LogP contribution in [-0.2, 0) is 11.2 Å². The van der Waals surface area contributed by atoms with Crippen LogP contribution < -0.4 is 5.32 Å². The molecule has 1 aromatic carbocycles. The van der Waals surface area contributed by atoms with Crippen molar-refractivity contribution in [3.63, 3.8) is 0 Å². The lowest BCUT2D eigenvalue weighted by Crippen LogP contribution is -2.39. The molecule has 1 aliphatic rings. The van der Waals surface area contributed by atoms with E-state index in [2.05, 4.69) is 17.2 Å². The van der Waals surface area contributed by atoms with Crippen LogP contribution in [0.3, 0.4) is 0 Å². The van der Waals surface area contributed by atoms with Crippen molar-refractivity contribution in [2.24, 2.45) is 0 Å². The number of carbonyl (C=O) groups is 2. The molecule has 35 heavy (non-hydrogen) atoms. The lowest BCUT2D eigenvalue weighted by Gasteiger charge is -2.32. The molecule has 2 heterocycles. The normalized spacial score (nSPS) is 14.2. The largest absolute Gasteiger partial charge is 0.352 e. The number of unbranched alkanes of at least 4 members (excludes halogenated alkanes) is 6. The Bertz CT molecular complexity index is 953. The fourth-order valence-corrected chi connectivity index (χ4v) is 4.97. The number of rotatable bonds is 12. The second-order valence-corrected chi connectivity index (χ2v) is 9.81. The maximum atomic E-state index is 13.1. The predicted molar refractivity (Wildman–Crippen MR) is 141 cm³/mol. The van der Waals surface area contributed by atoms with Crippen LogP contribution in [0.25, 0.3) is 0 Å². The number of benzene rings is 1.